The Labute approximate surface area is 106 Å². The van der Waals surface area contributed by atoms with E-state index in [2.05, 4.69) is 5.32 Å². The van der Waals surface area contributed by atoms with Crippen LogP contribution in [0.2, 0.25) is 0 Å². The number of rotatable bonds is 5. The molecule has 1 aromatic carbocycles. The summed E-state index contributed by atoms with van der Waals surface area (Å²) in [6, 6.07) is 6.82. The van der Waals surface area contributed by atoms with Gasteiger partial charge in [-0.1, -0.05) is 12.1 Å². The highest BCUT2D eigenvalue weighted by atomic mass is 16.5. The lowest BCUT2D eigenvalue weighted by molar-refractivity contribution is -0.150. The molecule has 0 aromatic heterocycles. The van der Waals surface area contributed by atoms with Gasteiger partial charge in [0.25, 0.3) is 0 Å². The monoisotopic (exact) mass is 251 g/mol. The summed E-state index contributed by atoms with van der Waals surface area (Å²) < 4.78 is 10.4. The van der Waals surface area contributed by atoms with E-state index in [1.807, 2.05) is 24.3 Å². The molecule has 5 nitrogen and oxygen atoms in total. The Hall–Kier alpha value is -1.59. The number of methoxy groups -OCH3 is 1. The van der Waals surface area contributed by atoms with Gasteiger partial charge in [0.15, 0.2) is 0 Å². The lowest BCUT2D eigenvalue weighted by Gasteiger charge is -2.45. The molecule has 2 N–H and O–H groups in total. The first-order chi connectivity index (χ1) is 8.64. The molecule has 0 spiro atoms. The van der Waals surface area contributed by atoms with Crippen LogP contribution in [0, 0.1) is 0 Å². The lowest BCUT2D eigenvalue weighted by Crippen LogP contribution is -2.62. The number of carbonyl (C=O) groups is 1. The summed E-state index contributed by atoms with van der Waals surface area (Å²) in [5, 5.41) is 12.2. The van der Waals surface area contributed by atoms with Gasteiger partial charge in [-0.2, -0.15) is 0 Å². The van der Waals surface area contributed by atoms with Gasteiger partial charge in [0.2, 0.25) is 0 Å². The van der Waals surface area contributed by atoms with Crippen molar-refractivity contribution < 1.29 is 19.4 Å². The van der Waals surface area contributed by atoms with E-state index in [1.54, 1.807) is 14.2 Å². The van der Waals surface area contributed by atoms with Crippen molar-refractivity contribution in [1.82, 2.24) is 5.32 Å². The lowest BCUT2D eigenvalue weighted by atomic mass is 9.72. The zero-order chi connectivity index (χ0) is 13.2. The Morgan fingerprint density at radius 2 is 2.28 bits per heavy atom. The predicted octanol–water partition coefficient (Wildman–Crippen LogP) is 0.636. The number of benzene rings is 1. The molecule has 5 heteroatoms. The number of carboxylic acid groups (broad SMARTS) is 1. The fourth-order valence-electron chi connectivity index (χ4n) is 2.39. The Bertz CT molecular complexity index is 442. The van der Waals surface area contributed by atoms with Crippen LogP contribution < -0.4 is 10.1 Å². The molecule has 0 amide bonds. The third-order valence-electron chi connectivity index (χ3n) is 3.45. The summed E-state index contributed by atoms with van der Waals surface area (Å²) in [6.45, 7) is 0.802. The summed E-state index contributed by atoms with van der Waals surface area (Å²) in [5.74, 6) is -0.150. The standard InChI is InChI=1S/C13H17NO4/c1-14-11(12(15)16)13(7-18-8-13)9-4-3-5-10(6-9)17-2/h3-6,11,14H,7-8H2,1-2H3,(H,15,16). The molecule has 1 fully saturated rings. The van der Waals surface area contributed by atoms with Crippen molar-refractivity contribution in [2.45, 2.75) is 11.5 Å². The van der Waals surface area contributed by atoms with Crippen LogP contribution in [0.1, 0.15) is 5.56 Å². The number of nitrogens with one attached hydrogen (secondary N) is 1. The topological polar surface area (TPSA) is 67.8 Å². The van der Waals surface area contributed by atoms with Crippen LogP contribution in [0.4, 0.5) is 0 Å². The van der Waals surface area contributed by atoms with E-state index < -0.39 is 17.4 Å². The van der Waals surface area contributed by atoms with Crippen LogP contribution in [-0.4, -0.2) is 44.5 Å². The van der Waals surface area contributed by atoms with Crippen LogP contribution >= 0.6 is 0 Å². The van der Waals surface area contributed by atoms with Crippen LogP contribution in [0.5, 0.6) is 5.75 Å². The van der Waals surface area contributed by atoms with Gasteiger partial charge in [-0.15, -0.1) is 0 Å². The van der Waals surface area contributed by atoms with Crippen LogP contribution in [-0.2, 0) is 14.9 Å². The molecule has 1 heterocycles. The average Bonchev–Trinajstić information content (AvgIpc) is 2.33. The molecular formula is C13H17NO4. The van der Waals surface area contributed by atoms with E-state index in [9.17, 15) is 9.90 Å². The number of carboxylic acids is 1. The van der Waals surface area contributed by atoms with Crippen molar-refractivity contribution in [3.8, 4) is 5.75 Å². The Balaban J connectivity index is 2.39. The molecule has 1 saturated heterocycles. The predicted molar refractivity (Wildman–Crippen MR) is 66.0 cm³/mol. The highest BCUT2D eigenvalue weighted by molar-refractivity contribution is 5.76. The van der Waals surface area contributed by atoms with Crippen molar-refractivity contribution in [2.24, 2.45) is 0 Å². The van der Waals surface area contributed by atoms with Gasteiger partial charge < -0.3 is 19.9 Å². The molecule has 0 aliphatic carbocycles. The van der Waals surface area contributed by atoms with Gasteiger partial charge in [0.05, 0.1) is 25.7 Å². The summed E-state index contributed by atoms with van der Waals surface area (Å²) >= 11 is 0. The Morgan fingerprint density at radius 1 is 1.56 bits per heavy atom. The van der Waals surface area contributed by atoms with Gasteiger partial charge in [-0.05, 0) is 24.7 Å². The zero-order valence-corrected chi connectivity index (χ0v) is 10.5. The van der Waals surface area contributed by atoms with Gasteiger partial charge in [-0.3, -0.25) is 4.79 Å². The molecule has 0 saturated carbocycles. The molecule has 18 heavy (non-hydrogen) atoms. The second-order valence-electron chi connectivity index (χ2n) is 4.44. The smallest absolute Gasteiger partial charge is 0.321 e. The van der Waals surface area contributed by atoms with Crippen molar-refractivity contribution in [3.63, 3.8) is 0 Å². The normalized spacial score (nSPS) is 18.8. The summed E-state index contributed by atoms with van der Waals surface area (Å²) in [7, 11) is 3.24. The van der Waals surface area contributed by atoms with Crippen LogP contribution in [0.15, 0.2) is 24.3 Å². The first kappa shape index (κ1) is 12.9. The van der Waals surface area contributed by atoms with Gasteiger partial charge >= 0.3 is 5.97 Å². The number of hydrogen-bond donors (Lipinski definition) is 2. The molecule has 98 valence electrons. The van der Waals surface area contributed by atoms with E-state index in [1.165, 1.54) is 0 Å². The minimum Gasteiger partial charge on any atom is -0.497 e. The molecule has 1 aliphatic rings. The second kappa shape index (κ2) is 4.96. The minimum atomic E-state index is -0.872. The van der Waals surface area contributed by atoms with E-state index in [0.717, 1.165) is 11.3 Å². The van der Waals surface area contributed by atoms with Crippen molar-refractivity contribution >= 4 is 5.97 Å². The SMILES string of the molecule is CNC(C(=O)O)C1(c2cccc(OC)c2)COC1. The van der Waals surface area contributed by atoms with E-state index in [-0.39, 0.29) is 0 Å². The van der Waals surface area contributed by atoms with Crippen molar-refractivity contribution in [1.29, 1.82) is 0 Å². The maximum absolute atomic E-state index is 11.3. The molecule has 1 atom stereocenters. The zero-order valence-electron chi connectivity index (χ0n) is 10.5. The quantitative estimate of drug-likeness (QED) is 0.803. The average molecular weight is 251 g/mol. The number of likely N-dealkylation sites (N-methyl/N-ethyl adjacent to an activating group) is 1. The fraction of sp³-hybridized carbons (Fsp3) is 0.462. The molecule has 2 rings (SSSR count). The third-order valence-corrected chi connectivity index (χ3v) is 3.45. The summed E-state index contributed by atoms with van der Waals surface area (Å²) in [5.41, 5.74) is 0.407. The molecule has 1 aromatic rings. The van der Waals surface area contributed by atoms with E-state index in [0.29, 0.717) is 13.2 Å². The molecule has 1 aliphatic heterocycles. The summed E-state index contributed by atoms with van der Waals surface area (Å²) in [6.07, 6.45) is 0. The Morgan fingerprint density at radius 3 is 2.72 bits per heavy atom. The van der Waals surface area contributed by atoms with Gasteiger partial charge in [-0.25, -0.2) is 0 Å². The highest BCUT2D eigenvalue weighted by Crippen LogP contribution is 2.37. The molecule has 1 unspecified atom stereocenters. The fourth-order valence-corrected chi connectivity index (χ4v) is 2.39. The number of hydrogen-bond acceptors (Lipinski definition) is 4. The van der Waals surface area contributed by atoms with E-state index in [4.69, 9.17) is 9.47 Å². The second-order valence-corrected chi connectivity index (χ2v) is 4.44. The van der Waals surface area contributed by atoms with Crippen LogP contribution in [0.3, 0.4) is 0 Å². The van der Waals surface area contributed by atoms with Crippen molar-refractivity contribution in [2.75, 3.05) is 27.4 Å². The third kappa shape index (κ3) is 1.95. The summed E-state index contributed by atoms with van der Waals surface area (Å²) in [4.78, 5) is 11.3. The maximum atomic E-state index is 11.3. The first-order valence-electron chi connectivity index (χ1n) is 5.76. The van der Waals surface area contributed by atoms with Gasteiger partial charge in [0.1, 0.15) is 11.8 Å². The Kier molecular flexibility index (Phi) is 3.54. The van der Waals surface area contributed by atoms with Crippen LogP contribution in [0.25, 0.3) is 0 Å². The van der Waals surface area contributed by atoms with E-state index >= 15 is 0 Å². The number of ether oxygens (including phenoxy) is 2. The van der Waals surface area contributed by atoms with Crippen molar-refractivity contribution in [3.05, 3.63) is 29.8 Å². The largest absolute Gasteiger partial charge is 0.497 e. The minimum absolute atomic E-state index is 0.401. The number of aliphatic carboxylic acids is 1. The molecular weight excluding hydrogens is 234 g/mol. The van der Waals surface area contributed by atoms with Gasteiger partial charge in [0, 0.05) is 0 Å². The first-order valence-corrected chi connectivity index (χ1v) is 5.76. The maximum Gasteiger partial charge on any atom is 0.321 e. The highest BCUT2D eigenvalue weighted by Gasteiger charge is 2.50. The molecule has 0 bridgehead atoms. The molecule has 0 radical (unpaired) electrons.